The molecule has 0 unspecified atom stereocenters. The van der Waals surface area contributed by atoms with Crippen molar-refractivity contribution in [2.24, 2.45) is 0 Å². The van der Waals surface area contributed by atoms with E-state index < -0.39 is 12.1 Å². The Morgan fingerprint density at radius 3 is 2.52 bits per heavy atom. The average Bonchev–Trinajstić information content (AvgIpc) is 2.82. The Labute approximate surface area is 138 Å². The average molecular weight is 320 g/mol. The van der Waals surface area contributed by atoms with Crippen molar-refractivity contribution in [3.8, 4) is 0 Å². The van der Waals surface area contributed by atoms with Crippen LogP contribution in [-0.2, 0) is 16.1 Å². The van der Waals surface area contributed by atoms with Crippen LogP contribution in [0.2, 0.25) is 0 Å². The number of rotatable bonds is 5. The van der Waals surface area contributed by atoms with E-state index >= 15 is 0 Å². The summed E-state index contributed by atoms with van der Waals surface area (Å²) in [4.78, 5) is 24.5. The molecule has 1 aliphatic rings. The molecule has 0 aromatic carbocycles. The molecule has 0 aliphatic heterocycles. The highest BCUT2D eigenvalue weighted by Gasteiger charge is 2.24. The Morgan fingerprint density at radius 1 is 1.30 bits per heavy atom. The van der Waals surface area contributed by atoms with Crippen LogP contribution in [0.1, 0.15) is 67.7 Å². The molecule has 1 amide bonds. The summed E-state index contributed by atoms with van der Waals surface area (Å²) in [5.74, 6) is -0.626. The van der Waals surface area contributed by atoms with Crippen LogP contribution in [0.15, 0.2) is 6.07 Å². The van der Waals surface area contributed by atoms with E-state index in [2.05, 4.69) is 9.88 Å². The van der Waals surface area contributed by atoms with E-state index in [9.17, 15) is 9.59 Å². The van der Waals surface area contributed by atoms with E-state index in [1.807, 2.05) is 26.8 Å². The number of ether oxygens (including phenoxy) is 1. The third-order valence-electron chi connectivity index (χ3n) is 4.71. The number of carbonyl (C=O) groups is 2. The fourth-order valence-corrected chi connectivity index (χ4v) is 3.34. The van der Waals surface area contributed by atoms with Crippen LogP contribution in [0.4, 0.5) is 0 Å². The van der Waals surface area contributed by atoms with E-state index in [0.29, 0.717) is 5.56 Å². The van der Waals surface area contributed by atoms with Crippen molar-refractivity contribution in [3.63, 3.8) is 0 Å². The summed E-state index contributed by atoms with van der Waals surface area (Å²) in [6.45, 7) is 8.35. The fourth-order valence-electron chi connectivity index (χ4n) is 3.34. The second-order valence-corrected chi connectivity index (χ2v) is 6.42. The lowest BCUT2D eigenvalue weighted by Crippen LogP contribution is -2.42. The summed E-state index contributed by atoms with van der Waals surface area (Å²) >= 11 is 0. The van der Waals surface area contributed by atoms with Crippen LogP contribution in [0, 0.1) is 13.8 Å². The van der Waals surface area contributed by atoms with Gasteiger partial charge in [-0.15, -0.1) is 0 Å². The van der Waals surface area contributed by atoms with Crippen molar-refractivity contribution >= 4 is 11.9 Å². The molecule has 5 heteroatoms. The first kappa shape index (κ1) is 17.6. The smallest absolute Gasteiger partial charge is 0.340 e. The lowest BCUT2D eigenvalue weighted by atomic mass is 9.95. The molecule has 1 atom stereocenters. The second-order valence-electron chi connectivity index (χ2n) is 6.42. The molecule has 1 aromatic heterocycles. The van der Waals surface area contributed by atoms with Gasteiger partial charge in [-0.1, -0.05) is 19.3 Å². The molecule has 0 bridgehead atoms. The molecular formula is C18H28N2O3. The molecule has 1 aliphatic carbocycles. The van der Waals surface area contributed by atoms with E-state index in [4.69, 9.17) is 4.74 Å². The SMILES string of the molecule is CCn1c(C)cc(C(=O)O[C@H](C)C(=O)NC2CCCCC2)c1C. The summed E-state index contributed by atoms with van der Waals surface area (Å²) in [6, 6.07) is 2.05. The number of aryl methyl sites for hydroxylation is 1. The van der Waals surface area contributed by atoms with Gasteiger partial charge in [-0.3, -0.25) is 4.79 Å². The minimum atomic E-state index is -0.769. The highest BCUT2D eigenvalue weighted by Crippen LogP contribution is 2.19. The fraction of sp³-hybridized carbons (Fsp3) is 0.667. The standard InChI is InChI=1S/C18H28N2O3/c1-5-20-12(2)11-16(13(20)3)18(22)23-14(4)17(21)19-15-9-7-6-8-10-15/h11,14-15H,5-10H2,1-4H3,(H,19,21)/t14-/m1/s1. The molecule has 2 rings (SSSR count). The van der Waals surface area contributed by atoms with Gasteiger partial charge in [0.1, 0.15) is 0 Å². The molecule has 1 fully saturated rings. The first-order chi connectivity index (χ1) is 10.9. The maximum Gasteiger partial charge on any atom is 0.340 e. The topological polar surface area (TPSA) is 60.3 Å². The number of aromatic nitrogens is 1. The molecule has 1 N–H and O–H groups in total. The number of amides is 1. The Hall–Kier alpha value is -1.78. The Morgan fingerprint density at radius 2 is 1.96 bits per heavy atom. The van der Waals surface area contributed by atoms with Gasteiger partial charge in [0.05, 0.1) is 5.56 Å². The number of nitrogens with one attached hydrogen (secondary N) is 1. The van der Waals surface area contributed by atoms with Gasteiger partial charge in [-0.05, 0) is 46.6 Å². The van der Waals surface area contributed by atoms with Gasteiger partial charge in [0, 0.05) is 24.0 Å². The lowest BCUT2D eigenvalue weighted by Gasteiger charge is -2.24. The lowest BCUT2D eigenvalue weighted by molar-refractivity contribution is -0.130. The van der Waals surface area contributed by atoms with Crippen molar-refractivity contribution in [1.29, 1.82) is 0 Å². The molecular weight excluding hydrogens is 292 g/mol. The molecule has 23 heavy (non-hydrogen) atoms. The summed E-state index contributed by atoms with van der Waals surface area (Å²) < 4.78 is 7.43. The third kappa shape index (κ3) is 4.15. The molecule has 1 saturated carbocycles. The molecule has 0 radical (unpaired) electrons. The Bertz CT molecular complexity index is 571. The quantitative estimate of drug-likeness (QED) is 0.848. The first-order valence-electron chi connectivity index (χ1n) is 8.62. The summed E-state index contributed by atoms with van der Waals surface area (Å²) in [5.41, 5.74) is 2.45. The molecule has 0 spiro atoms. The van der Waals surface area contributed by atoms with Gasteiger partial charge in [-0.25, -0.2) is 4.79 Å². The van der Waals surface area contributed by atoms with Gasteiger partial charge < -0.3 is 14.6 Å². The predicted octanol–water partition coefficient (Wildman–Crippen LogP) is 3.12. The summed E-state index contributed by atoms with van der Waals surface area (Å²) in [7, 11) is 0. The van der Waals surface area contributed by atoms with Crippen LogP contribution >= 0.6 is 0 Å². The molecule has 1 aromatic rings. The van der Waals surface area contributed by atoms with Gasteiger partial charge >= 0.3 is 5.97 Å². The molecule has 1 heterocycles. The highest BCUT2D eigenvalue weighted by molar-refractivity contribution is 5.93. The van der Waals surface area contributed by atoms with Crippen LogP contribution < -0.4 is 5.32 Å². The summed E-state index contributed by atoms with van der Waals surface area (Å²) in [6.07, 6.45) is 4.82. The predicted molar refractivity (Wildman–Crippen MR) is 89.5 cm³/mol. The zero-order chi connectivity index (χ0) is 17.0. The van der Waals surface area contributed by atoms with Crippen molar-refractivity contribution in [2.45, 2.75) is 78.5 Å². The first-order valence-corrected chi connectivity index (χ1v) is 8.62. The second kappa shape index (κ2) is 7.66. The molecule has 0 saturated heterocycles. The van der Waals surface area contributed by atoms with E-state index in [-0.39, 0.29) is 11.9 Å². The van der Waals surface area contributed by atoms with Crippen molar-refractivity contribution in [3.05, 3.63) is 23.0 Å². The zero-order valence-corrected chi connectivity index (χ0v) is 14.6. The van der Waals surface area contributed by atoms with E-state index in [1.165, 1.54) is 6.42 Å². The maximum absolute atomic E-state index is 12.3. The molecule has 5 nitrogen and oxygen atoms in total. The molecule has 128 valence electrons. The van der Waals surface area contributed by atoms with Crippen LogP contribution in [-0.4, -0.2) is 28.6 Å². The van der Waals surface area contributed by atoms with Crippen LogP contribution in [0.3, 0.4) is 0 Å². The number of esters is 1. The number of carbonyl (C=O) groups excluding carboxylic acids is 2. The maximum atomic E-state index is 12.3. The Kier molecular flexibility index (Phi) is 5.85. The monoisotopic (exact) mass is 320 g/mol. The van der Waals surface area contributed by atoms with E-state index in [1.54, 1.807) is 6.92 Å². The third-order valence-corrected chi connectivity index (χ3v) is 4.71. The number of hydrogen-bond acceptors (Lipinski definition) is 3. The van der Waals surface area contributed by atoms with Crippen molar-refractivity contribution in [2.75, 3.05) is 0 Å². The van der Waals surface area contributed by atoms with Crippen molar-refractivity contribution in [1.82, 2.24) is 9.88 Å². The minimum Gasteiger partial charge on any atom is -0.449 e. The minimum absolute atomic E-state index is 0.199. The summed E-state index contributed by atoms with van der Waals surface area (Å²) in [5, 5.41) is 3.00. The largest absolute Gasteiger partial charge is 0.449 e. The van der Waals surface area contributed by atoms with Crippen LogP contribution in [0.25, 0.3) is 0 Å². The zero-order valence-electron chi connectivity index (χ0n) is 14.6. The van der Waals surface area contributed by atoms with Crippen LogP contribution in [0.5, 0.6) is 0 Å². The highest BCUT2D eigenvalue weighted by atomic mass is 16.5. The van der Waals surface area contributed by atoms with Gasteiger partial charge in [0.15, 0.2) is 6.10 Å². The number of hydrogen-bond donors (Lipinski definition) is 1. The van der Waals surface area contributed by atoms with Gasteiger partial charge in [0.2, 0.25) is 0 Å². The Balaban J connectivity index is 1.95. The van der Waals surface area contributed by atoms with Crippen molar-refractivity contribution < 1.29 is 14.3 Å². The number of nitrogens with zero attached hydrogens (tertiary/aromatic N) is 1. The van der Waals surface area contributed by atoms with E-state index in [0.717, 1.165) is 43.6 Å². The van der Waals surface area contributed by atoms with Gasteiger partial charge in [0.25, 0.3) is 5.91 Å². The normalized spacial score (nSPS) is 16.9. The van der Waals surface area contributed by atoms with Gasteiger partial charge in [-0.2, -0.15) is 0 Å².